The fourth-order valence-corrected chi connectivity index (χ4v) is 4.34. The molecule has 0 aliphatic carbocycles. The smallest absolute Gasteiger partial charge is 0.320 e. The number of urea groups is 1. The molecule has 2 fully saturated rings. The lowest BCUT2D eigenvalue weighted by Gasteiger charge is -2.45. The highest BCUT2D eigenvalue weighted by molar-refractivity contribution is 9.10. The van der Waals surface area contributed by atoms with Gasteiger partial charge in [0.05, 0.1) is 0 Å². The van der Waals surface area contributed by atoms with Crippen LogP contribution in [0.1, 0.15) is 31.0 Å². The average Bonchev–Trinajstić information content (AvgIpc) is 2.89. The number of nitrogens with zero attached hydrogens (tertiary/aromatic N) is 5. The third-order valence-corrected chi connectivity index (χ3v) is 5.56. The number of fused-ring (bicyclic) bond motifs is 2. The first kappa shape index (κ1) is 14.7. The summed E-state index contributed by atoms with van der Waals surface area (Å²) in [5.74, 6) is 1.61. The summed E-state index contributed by atoms with van der Waals surface area (Å²) in [6.07, 6.45) is 6.68. The normalized spacial score (nSPS) is 25.0. The zero-order valence-corrected chi connectivity index (χ0v) is 14.5. The van der Waals surface area contributed by atoms with E-state index in [1.54, 1.807) is 11.1 Å². The Morgan fingerprint density at radius 3 is 3.00 bits per heavy atom. The van der Waals surface area contributed by atoms with Crippen LogP contribution in [0.15, 0.2) is 17.0 Å². The maximum atomic E-state index is 12.4. The number of carbonyl (C=O) groups excluding carboxylic acids is 1. The van der Waals surface area contributed by atoms with Crippen molar-refractivity contribution in [3.63, 3.8) is 0 Å². The van der Waals surface area contributed by atoms with Crippen molar-refractivity contribution < 1.29 is 4.79 Å². The molecule has 0 saturated carbocycles. The van der Waals surface area contributed by atoms with Crippen LogP contribution < -0.4 is 5.73 Å². The summed E-state index contributed by atoms with van der Waals surface area (Å²) in [5, 5.41) is 0. The first-order valence-corrected chi connectivity index (χ1v) is 8.65. The molecular weight excluding hydrogens is 360 g/mol. The van der Waals surface area contributed by atoms with Gasteiger partial charge in [-0.1, -0.05) is 0 Å². The molecule has 4 heterocycles. The molecule has 0 aromatic carbocycles. The van der Waals surface area contributed by atoms with Crippen molar-refractivity contribution >= 4 is 33.3 Å². The van der Waals surface area contributed by atoms with E-state index in [9.17, 15) is 4.79 Å². The zero-order valence-electron chi connectivity index (χ0n) is 12.9. The first-order valence-electron chi connectivity index (χ1n) is 7.86. The summed E-state index contributed by atoms with van der Waals surface area (Å²) in [7, 11) is 1.87. The van der Waals surface area contributed by atoms with E-state index in [0.717, 1.165) is 37.1 Å². The third kappa shape index (κ3) is 2.27. The molecule has 2 saturated heterocycles. The molecule has 23 heavy (non-hydrogen) atoms. The molecule has 0 spiro atoms. The number of nitrogen functional groups attached to an aromatic ring is 1. The van der Waals surface area contributed by atoms with Gasteiger partial charge in [0.1, 0.15) is 15.9 Å². The summed E-state index contributed by atoms with van der Waals surface area (Å²) in [6, 6.07) is 0.503. The third-order valence-electron chi connectivity index (χ3n) is 5.01. The van der Waals surface area contributed by atoms with E-state index in [2.05, 4.69) is 25.9 Å². The highest BCUT2D eigenvalue weighted by Crippen LogP contribution is 2.35. The van der Waals surface area contributed by atoms with E-state index in [1.165, 1.54) is 0 Å². The van der Waals surface area contributed by atoms with Gasteiger partial charge in [0.2, 0.25) is 0 Å². The maximum absolute atomic E-state index is 12.4. The number of nitrogens with two attached hydrogens (primary N) is 1. The van der Waals surface area contributed by atoms with Gasteiger partial charge in [-0.05, 0) is 35.2 Å². The van der Waals surface area contributed by atoms with E-state index >= 15 is 0 Å². The van der Waals surface area contributed by atoms with E-state index in [-0.39, 0.29) is 11.9 Å². The molecule has 122 valence electrons. The first-order chi connectivity index (χ1) is 11.1. The quantitative estimate of drug-likeness (QED) is 0.823. The van der Waals surface area contributed by atoms with Gasteiger partial charge in [0, 0.05) is 44.5 Å². The number of hydrogen-bond acceptors (Lipinski definition) is 4. The number of anilines is 1. The Bertz CT molecular complexity index is 775. The highest BCUT2D eigenvalue weighted by atomic mass is 79.9. The number of imidazole rings is 1. The summed E-state index contributed by atoms with van der Waals surface area (Å²) in [6.45, 7) is 1.56. The molecule has 0 bridgehead atoms. The van der Waals surface area contributed by atoms with Gasteiger partial charge < -0.3 is 15.5 Å². The van der Waals surface area contributed by atoms with Crippen LogP contribution in [-0.4, -0.2) is 56.4 Å². The number of amides is 2. The molecule has 2 aromatic rings. The van der Waals surface area contributed by atoms with Gasteiger partial charge in [0.25, 0.3) is 0 Å². The minimum Gasteiger partial charge on any atom is -0.382 e. The lowest BCUT2D eigenvalue weighted by Crippen LogP contribution is -2.56. The van der Waals surface area contributed by atoms with Crippen LogP contribution in [0.3, 0.4) is 0 Å². The molecule has 4 rings (SSSR count). The van der Waals surface area contributed by atoms with Crippen LogP contribution in [0.4, 0.5) is 10.6 Å². The molecule has 2 N–H and O–H groups in total. The van der Waals surface area contributed by atoms with Crippen molar-refractivity contribution in [1.29, 1.82) is 0 Å². The fourth-order valence-electron chi connectivity index (χ4n) is 3.76. The SMILES string of the molecule is CN1CC[C@H]2CC[C@H](c3nc(Br)c4c(N)nccn34)CN2C1=O. The Morgan fingerprint density at radius 1 is 1.35 bits per heavy atom. The van der Waals surface area contributed by atoms with Crippen molar-refractivity contribution in [1.82, 2.24) is 24.2 Å². The van der Waals surface area contributed by atoms with Crippen molar-refractivity contribution in [2.24, 2.45) is 0 Å². The lowest BCUT2D eigenvalue weighted by atomic mass is 9.89. The van der Waals surface area contributed by atoms with Crippen molar-refractivity contribution in [2.45, 2.75) is 31.2 Å². The number of carbonyl (C=O) groups is 1. The maximum Gasteiger partial charge on any atom is 0.320 e. The standard InChI is InChI=1S/C15H19BrN6O/c1-20-6-4-10-3-2-9(8-22(10)15(20)23)14-19-12(16)11-13(17)18-5-7-21(11)14/h5,7,9-10H,2-4,6,8H2,1H3,(H2,17,18)/t9-,10+/m0/s1. The molecular formula is C15H19BrN6O. The van der Waals surface area contributed by atoms with Crippen molar-refractivity contribution in [3.05, 3.63) is 22.8 Å². The molecule has 2 aromatic heterocycles. The fraction of sp³-hybridized carbons (Fsp3) is 0.533. The van der Waals surface area contributed by atoms with Crippen LogP contribution >= 0.6 is 15.9 Å². The minimum absolute atomic E-state index is 0.132. The second-order valence-corrected chi connectivity index (χ2v) is 7.12. The number of halogens is 1. The molecule has 0 radical (unpaired) electrons. The van der Waals surface area contributed by atoms with E-state index in [1.807, 2.05) is 22.5 Å². The number of piperidine rings is 1. The number of rotatable bonds is 1. The molecule has 2 amide bonds. The molecule has 8 heteroatoms. The Labute approximate surface area is 142 Å². The summed E-state index contributed by atoms with van der Waals surface area (Å²) < 4.78 is 2.71. The minimum atomic E-state index is 0.132. The van der Waals surface area contributed by atoms with E-state index in [4.69, 9.17) is 5.73 Å². The second kappa shape index (κ2) is 5.36. The van der Waals surface area contributed by atoms with Crippen LogP contribution in [0.25, 0.3) is 5.52 Å². The van der Waals surface area contributed by atoms with Gasteiger partial charge in [-0.2, -0.15) is 0 Å². The van der Waals surface area contributed by atoms with Crippen LogP contribution in [0.5, 0.6) is 0 Å². The van der Waals surface area contributed by atoms with Crippen molar-refractivity contribution in [3.8, 4) is 0 Å². The predicted molar refractivity (Wildman–Crippen MR) is 90.2 cm³/mol. The topological polar surface area (TPSA) is 79.8 Å². The van der Waals surface area contributed by atoms with Gasteiger partial charge in [-0.25, -0.2) is 14.8 Å². The van der Waals surface area contributed by atoms with Crippen LogP contribution in [-0.2, 0) is 0 Å². The molecule has 2 aliphatic rings. The van der Waals surface area contributed by atoms with E-state index in [0.29, 0.717) is 23.0 Å². The summed E-state index contributed by atoms with van der Waals surface area (Å²) >= 11 is 3.48. The molecule has 7 nitrogen and oxygen atoms in total. The second-order valence-electron chi connectivity index (χ2n) is 6.37. The molecule has 2 aliphatic heterocycles. The summed E-state index contributed by atoms with van der Waals surface area (Å²) in [5.41, 5.74) is 6.77. The Hall–Kier alpha value is -1.83. The van der Waals surface area contributed by atoms with Crippen LogP contribution in [0, 0.1) is 0 Å². The largest absolute Gasteiger partial charge is 0.382 e. The Kier molecular flexibility index (Phi) is 3.44. The van der Waals surface area contributed by atoms with Gasteiger partial charge in [0.15, 0.2) is 5.82 Å². The van der Waals surface area contributed by atoms with Gasteiger partial charge in [-0.15, -0.1) is 0 Å². The monoisotopic (exact) mass is 378 g/mol. The zero-order chi connectivity index (χ0) is 16.1. The molecule has 2 atom stereocenters. The Balaban J connectivity index is 1.69. The average molecular weight is 379 g/mol. The van der Waals surface area contributed by atoms with Crippen molar-refractivity contribution in [2.75, 3.05) is 25.9 Å². The Morgan fingerprint density at radius 2 is 2.17 bits per heavy atom. The van der Waals surface area contributed by atoms with E-state index < -0.39 is 0 Å². The van der Waals surface area contributed by atoms with Crippen LogP contribution in [0.2, 0.25) is 0 Å². The number of aromatic nitrogens is 3. The lowest BCUT2D eigenvalue weighted by molar-refractivity contribution is 0.0805. The van der Waals surface area contributed by atoms with Gasteiger partial charge >= 0.3 is 6.03 Å². The predicted octanol–water partition coefficient (Wildman–Crippen LogP) is 2.08. The number of hydrogen-bond donors (Lipinski definition) is 1. The van der Waals surface area contributed by atoms with Gasteiger partial charge in [-0.3, -0.25) is 4.40 Å². The highest BCUT2D eigenvalue weighted by Gasteiger charge is 2.38. The summed E-state index contributed by atoms with van der Waals surface area (Å²) in [4.78, 5) is 25.1. The molecule has 0 unspecified atom stereocenters.